The van der Waals surface area contributed by atoms with Crippen LogP contribution < -0.4 is 0 Å². The van der Waals surface area contributed by atoms with E-state index in [4.69, 9.17) is 9.84 Å². The highest BCUT2D eigenvalue weighted by Gasteiger charge is 2.41. The molecule has 0 spiro atoms. The summed E-state index contributed by atoms with van der Waals surface area (Å²) in [6.07, 6.45) is 9.76. The zero-order valence-electron chi connectivity index (χ0n) is 19.2. The van der Waals surface area contributed by atoms with E-state index in [1.807, 2.05) is 13.8 Å². The van der Waals surface area contributed by atoms with Gasteiger partial charge in [0.1, 0.15) is 6.10 Å². The zero-order chi connectivity index (χ0) is 22.4. The van der Waals surface area contributed by atoms with Gasteiger partial charge in [-0.05, 0) is 54.9 Å². The van der Waals surface area contributed by atoms with Gasteiger partial charge in [-0.2, -0.15) is 0 Å². The van der Waals surface area contributed by atoms with Crippen molar-refractivity contribution < 1.29 is 24.5 Å². The van der Waals surface area contributed by atoms with Gasteiger partial charge in [-0.1, -0.05) is 59.3 Å². The number of allylic oxidation sites excluding steroid dienone is 3. The smallest absolute Gasteiger partial charge is 0.308 e. The maximum absolute atomic E-state index is 12.6. The first-order valence-electron chi connectivity index (χ1n) is 11.6. The van der Waals surface area contributed by atoms with Gasteiger partial charge < -0.3 is 14.9 Å². The minimum absolute atomic E-state index is 0.0830. The second-order valence-corrected chi connectivity index (χ2v) is 9.74. The molecule has 0 bridgehead atoms. The molecule has 0 heterocycles. The average Bonchev–Trinajstić information content (AvgIpc) is 2.65. The van der Waals surface area contributed by atoms with Gasteiger partial charge in [-0.15, -0.1) is 0 Å². The number of aliphatic hydroxyl groups excluding tert-OH is 1. The Bertz CT molecular complexity index is 652. The van der Waals surface area contributed by atoms with Crippen LogP contribution >= 0.6 is 0 Å². The van der Waals surface area contributed by atoms with E-state index in [-0.39, 0.29) is 36.2 Å². The van der Waals surface area contributed by atoms with Crippen molar-refractivity contribution in [1.82, 2.24) is 0 Å². The van der Waals surface area contributed by atoms with E-state index in [1.54, 1.807) is 0 Å². The first kappa shape index (κ1) is 24.6. The summed E-state index contributed by atoms with van der Waals surface area (Å²) in [7, 11) is 0. The SMILES string of the molecule is CCC(C)C(=O)OC1CC(C)C=C2C=CC(C)C(CCC(C)CC(O)CC(=O)O)C21. The van der Waals surface area contributed by atoms with Crippen molar-refractivity contribution in [3.05, 3.63) is 23.8 Å². The van der Waals surface area contributed by atoms with Crippen LogP contribution in [0.25, 0.3) is 0 Å². The molecule has 170 valence electrons. The highest BCUT2D eigenvalue weighted by atomic mass is 16.5. The van der Waals surface area contributed by atoms with Gasteiger partial charge in [-0.25, -0.2) is 0 Å². The molecule has 0 amide bonds. The van der Waals surface area contributed by atoms with Gasteiger partial charge in [0.05, 0.1) is 18.4 Å². The Hall–Kier alpha value is -1.62. The molecule has 2 N–H and O–H groups in total. The molecule has 0 fully saturated rings. The summed E-state index contributed by atoms with van der Waals surface area (Å²) in [4.78, 5) is 23.4. The van der Waals surface area contributed by atoms with Crippen LogP contribution in [0, 0.1) is 35.5 Å². The Morgan fingerprint density at radius 3 is 2.60 bits per heavy atom. The fourth-order valence-electron chi connectivity index (χ4n) is 5.00. The predicted molar refractivity (Wildman–Crippen MR) is 118 cm³/mol. The highest BCUT2D eigenvalue weighted by molar-refractivity contribution is 5.72. The number of aliphatic hydroxyl groups is 1. The summed E-state index contributed by atoms with van der Waals surface area (Å²) in [5.41, 5.74) is 1.29. The van der Waals surface area contributed by atoms with E-state index in [0.29, 0.717) is 24.2 Å². The van der Waals surface area contributed by atoms with Crippen LogP contribution in [0.5, 0.6) is 0 Å². The number of carbonyl (C=O) groups is 2. The Morgan fingerprint density at radius 2 is 1.97 bits per heavy atom. The molecule has 0 saturated heterocycles. The number of aliphatic carboxylic acids is 1. The largest absolute Gasteiger partial charge is 0.481 e. The second-order valence-electron chi connectivity index (χ2n) is 9.74. The van der Waals surface area contributed by atoms with Gasteiger partial charge in [0.25, 0.3) is 0 Å². The molecule has 8 atom stereocenters. The van der Waals surface area contributed by atoms with Crippen LogP contribution in [0.2, 0.25) is 0 Å². The molecular weight excluding hydrogens is 380 g/mol. The van der Waals surface area contributed by atoms with Crippen LogP contribution in [-0.2, 0) is 14.3 Å². The summed E-state index contributed by atoms with van der Waals surface area (Å²) in [5, 5.41) is 18.8. The van der Waals surface area contributed by atoms with Crippen molar-refractivity contribution >= 4 is 11.9 Å². The lowest BCUT2D eigenvalue weighted by molar-refractivity contribution is -0.158. The Kier molecular flexibility index (Phi) is 9.14. The van der Waals surface area contributed by atoms with Gasteiger partial charge >= 0.3 is 11.9 Å². The van der Waals surface area contributed by atoms with Crippen LogP contribution in [0.1, 0.15) is 73.1 Å². The number of carbonyl (C=O) groups excluding carboxylic acids is 1. The van der Waals surface area contributed by atoms with E-state index in [9.17, 15) is 14.7 Å². The molecule has 30 heavy (non-hydrogen) atoms. The third-order valence-corrected chi connectivity index (χ3v) is 6.96. The molecule has 2 aliphatic carbocycles. The van der Waals surface area contributed by atoms with Crippen molar-refractivity contribution in [2.45, 2.75) is 85.4 Å². The fourth-order valence-corrected chi connectivity index (χ4v) is 5.00. The molecule has 2 rings (SSSR count). The molecule has 5 heteroatoms. The number of hydrogen-bond donors (Lipinski definition) is 2. The van der Waals surface area contributed by atoms with Crippen molar-refractivity contribution in [3.8, 4) is 0 Å². The van der Waals surface area contributed by atoms with Gasteiger partial charge in [0.15, 0.2) is 0 Å². The minimum Gasteiger partial charge on any atom is -0.481 e. The van der Waals surface area contributed by atoms with Crippen LogP contribution in [-0.4, -0.2) is 34.4 Å². The lowest BCUT2D eigenvalue weighted by Crippen LogP contribution is -2.41. The minimum atomic E-state index is -0.960. The predicted octanol–water partition coefficient (Wildman–Crippen LogP) is 4.99. The van der Waals surface area contributed by atoms with Crippen LogP contribution in [0.4, 0.5) is 0 Å². The van der Waals surface area contributed by atoms with Crippen molar-refractivity contribution in [2.75, 3.05) is 0 Å². The average molecular weight is 421 g/mol. The maximum Gasteiger partial charge on any atom is 0.308 e. The Balaban J connectivity index is 2.09. The third kappa shape index (κ3) is 6.69. The number of carboxylic acids is 1. The van der Waals surface area contributed by atoms with Gasteiger partial charge in [-0.3, -0.25) is 9.59 Å². The van der Waals surface area contributed by atoms with Gasteiger partial charge in [0.2, 0.25) is 0 Å². The van der Waals surface area contributed by atoms with Crippen LogP contribution in [0.3, 0.4) is 0 Å². The fraction of sp³-hybridized carbons (Fsp3) is 0.760. The van der Waals surface area contributed by atoms with E-state index in [0.717, 1.165) is 25.7 Å². The molecule has 0 aromatic heterocycles. The second kappa shape index (κ2) is 11.1. The topological polar surface area (TPSA) is 83.8 Å². The standard InChI is InChI=1S/C25H40O5/c1-6-17(4)25(29)30-22-13-16(3)11-19-9-8-18(5)21(24(19)22)10-7-15(2)12-20(26)14-23(27)28/h8-9,11,15-18,20-22,24,26H,6-7,10,12-14H2,1-5H3,(H,27,28). The summed E-state index contributed by atoms with van der Waals surface area (Å²) in [6, 6.07) is 0. The summed E-state index contributed by atoms with van der Waals surface area (Å²) in [5.74, 6) is 0.470. The monoisotopic (exact) mass is 420 g/mol. The Labute approximate surface area is 181 Å². The lowest BCUT2D eigenvalue weighted by atomic mass is 9.65. The lowest BCUT2D eigenvalue weighted by Gasteiger charge is -2.43. The Morgan fingerprint density at radius 1 is 1.27 bits per heavy atom. The van der Waals surface area contributed by atoms with E-state index in [2.05, 4.69) is 39.0 Å². The molecule has 0 aromatic carbocycles. The quantitative estimate of drug-likeness (QED) is 0.486. The summed E-state index contributed by atoms with van der Waals surface area (Å²) < 4.78 is 6.06. The van der Waals surface area contributed by atoms with E-state index >= 15 is 0 Å². The first-order valence-corrected chi connectivity index (χ1v) is 11.6. The van der Waals surface area contributed by atoms with Crippen molar-refractivity contribution in [2.24, 2.45) is 35.5 Å². The molecule has 0 saturated carbocycles. The number of esters is 1. The molecule has 8 unspecified atom stereocenters. The molecule has 5 nitrogen and oxygen atoms in total. The van der Waals surface area contributed by atoms with Gasteiger partial charge in [0, 0.05) is 5.92 Å². The number of fused-ring (bicyclic) bond motifs is 1. The number of ether oxygens (including phenoxy) is 1. The normalized spacial score (nSPS) is 31.3. The summed E-state index contributed by atoms with van der Waals surface area (Å²) >= 11 is 0. The van der Waals surface area contributed by atoms with Crippen LogP contribution in [0.15, 0.2) is 23.8 Å². The third-order valence-electron chi connectivity index (χ3n) is 6.96. The highest BCUT2D eigenvalue weighted by Crippen LogP contribution is 2.45. The molecule has 0 aromatic rings. The molecule has 0 radical (unpaired) electrons. The zero-order valence-corrected chi connectivity index (χ0v) is 19.2. The molecule has 0 aliphatic heterocycles. The van der Waals surface area contributed by atoms with E-state index < -0.39 is 12.1 Å². The summed E-state index contributed by atoms with van der Waals surface area (Å²) in [6.45, 7) is 10.4. The van der Waals surface area contributed by atoms with Crippen molar-refractivity contribution in [3.63, 3.8) is 0 Å². The van der Waals surface area contributed by atoms with E-state index in [1.165, 1.54) is 5.57 Å². The molecular formula is C25H40O5. The number of carboxylic acid groups (broad SMARTS) is 1. The number of rotatable bonds is 10. The molecule has 2 aliphatic rings. The number of hydrogen-bond acceptors (Lipinski definition) is 4. The van der Waals surface area contributed by atoms with Crippen molar-refractivity contribution in [1.29, 1.82) is 0 Å². The maximum atomic E-state index is 12.6. The first-order chi connectivity index (χ1) is 14.1.